The SMILES string of the molecule is COc1ccc(CC(C)NN2CCCCC2)cc1OC. The van der Waals surface area contributed by atoms with Gasteiger partial charge in [-0.3, -0.25) is 5.43 Å². The summed E-state index contributed by atoms with van der Waals surface area (Å²) in [7, 11) is 3.34. The van der Waals surface area contributed by atoms with Gasteiger partial charge in [0, 0.05) is 19.1 Å². The molecule has 20 heavy (non-hydrogen) atoms. The van der Waals surface area contributed by atoms with Crippen LogP contribution in [0.15, 0.2) is 18.2 Å². The maximum absolute atomic E-state index is 5.35. The van der Waals surface area contributed by atoms with Gasteiger partial charge in [0.05, 0.1) is 14.2 Å². The Bertz CT molecular complexity index is 417. The number of rotatable bonds is 6. The number of methoxy groups -OCH3 is 2. The van der Waals surface area contributed by atoms with Gasteiger partial charge in [0.1, 0.15) is 0 Å². The first-order valence-corrected chi connectivity index (χ1v) is 7.45. The van der Waals surface area contributed by atoms with Gasteiger partial charge in [-0.25, -0.2) is 5.01 Å². The molecule has 1 fully saturated rings. The number of piperidine rings is 1. The molecule has 2 rings (SSSR count). The third-order valence-corrected chi connectivity index (χ3v) is 3.75. The third-order valence-electron chi connectivity index (χ3n) is 3.75. The van der Waals surface area contributed by atoms with E-state index >= 15 is 0 Å². The van der Waals surface area contributed by atoms with Gasteiger partial charge in [0.2, 0.25) is 0 Å². The fraction of sp³-hybridized carbons (Fsp3) is 0.625. The van der Waals surface area contributed by atoms with Gasteiger partial charge in [-0.1, -0.05) is 12.5 Å². The molecule has 0 amide bonds. The average molecular weight is 278 g/mol. The van der Waals surface area contributed by atoms with Crippen LogP contribution in [0.1, 0.15) is 31.7 Å². The lowest BCUT2D eigenvalue weighted by atomic mass is 10.1. The van der Waals surface area contributed by atoms with Crippen LogP contribution in [0.3, 0.4) is 0 Å². The largest absolute Gasteiger partial charge is 0.493 e. The van der Waals surface area contributed by atoms with Crippen LogP contribution in [-0.2, 0) is 6.42 Å². The number of hydrogen-bond donors (Lipinski definition) is 1. The molecule has 1 atom stereocenters. The topological polar surface area (TPSA) is 33.7 Å². The number of nitrogens with one attached hydrogen (secondary N) is 1. The van der Waals surface area contributed by atoms with Gasteiger partial charge in [-0.15, -0.1) is 0 Å². The van der Waals surface area contributed by atoms with Crippen molar-refractivity contribution in [2.24, 2.45) is 0 Å². The van der Waals surface area contributed by atoms with E-state index in [1.54, 1.807) is 14.2 Å². The van der Waals surface area contributed by atoms with Crippen molar-refractivity contribution in [2.75, 3.05) is 27.3 Å². The van der Waals surface area contributed by atoms with E-state index in [-0.39, 0.29) is 0 Å². The van der Waals surface area contributed by atoms with E-state index in [1.807, 2.05) is 6.07 Å². The van der Waals surface area contributed by atoms with Gasteiger partial charge in [0.25, 0.3) is 0 Å². The lowest BCUT2D eigenvalue weighted by Gasteiger charge is -2.30. The molecule has 4 heteroatoms. The van der Waals surface area contributed by atoms with Gasteiger partial charge in [-0.05, 0) is 43.9 Å². The summed E-state index contributed by atoms with van der Waals surface area (Å²) in [5, 5.41) is 2.36. The Balaban J connectivity index is 1.91. The monoisotopic (exact) mass is 278 g/mol. The second-order valence-electron chi connectivity index (χ2n) is 5.47. The van der Waals surface area contributed by atoms with Gasteiger partial charge >= 0.3 is 0 Å². The highest BCUT2D eigenvalue weighted by molar-refractivity contribution is 5.43. The van der Waals surface area contributed by atoms with E-state index in [9.17, 15) is 0 Å². The van der Waals surface area contributed by atoms with Crippen LogP contribution in [0.4, 0.5) is 0 Å². The zero-order valence-corrected chi connectivity index (χ0v) is 12.8. The lowest BCUT2D eigenvalue weighted by Crippen LogP contribution is -2.46. The molecule has 0 spiro atoms. The van der Waals surface area contributed by atoms with E-state index in [0.717, 1.165) is 31.0 Å². The van der Waals surface area contributed by atoms with Gasteiger partial charge < -0.3 is 9.47 Å². The molecule has 0 aliphatic carbocycles. The smallest absolute Gasteiger partial charge is 0.160 e. The molecule has 0 aromatic heterocycles. The Morgan fingerprint density at radius 3 is 2.45 bits per heavy atom. The molecule has 1 aromatic carbocycles. The maximum atomic E-state index is 5.35. The Morgan fingerprint density at radius 1 is 1.10 bits per heavy atom. The Morgan fingerprint density at radius 2 is 1.80 bits per heavy atom. The normalized spacial score (nSPS) is 17.8. The van der Waals surface area contributed by atoms with Crippen molar-refractivity contribution in [3.05, 3.63) is 23.8 Å². The number of benzene rings is 1. The van der Waals surface area contributed by atoms with Crippen LogP contribution in [0.2, 0.25) is 0 Å². The number of hydrogen-bond acceptors (Lipinski definition) is 4. The Kier molecular flexibility index (Phi) is 5.68. The molecule has 1 aliphatic rings. The number of ether oxygens (including phenoxy) is 2. The highest BCUT2D eigenvalue weighted by Crippen LogP contribution is 2.28. The predicted octanol–water partition coefficient (Wildman–Crippen LogP) is 2.63. The fourth-order valence-electron chi connectivity index (χ4n) is 2.74. The number of hydrazine groups is 1. The van der Waals surface area contributed by atoms with E-state index < -0.39 is 0 Å². The zero-order valence-electron chi connectivity index (χ0n) is 12.8. The molecular weight excluding hydrogens is 252 g/mol. The van der Waals surface area contributed by atoms with Crippen molar-refractivity contribution in [1.82, 2.24) is 10.4 Å². The fourth-order valence-corrected chi connectivity index (χ4v) is 2.74. The molecule has 1 aromatic rings. The zero-order chi connectivity index (χ0) is 14.4. The molecule has 4 nitrogen and oxygen atoms in total. The van der Waals surface area contributed by atoms with E-state index in [1.165, 1.54) is 24.8 Å². The minimum absolute atomic E-state index is 0.422. The minimum Gasteiger partial charge on any atom is -0.493 e. The predicted molar refractivity (Wildman–Crippen MR) is 81.3 cm³/mol. The summed E-state index contributed by atoms with van der Waals surface area (Å²) in [6.45, 7) is 4.55. The van der Waals surface area contributed by atoms with Crippen LogP contribution < -0.4 is 14.9 Å². The van der Waals surface area contributed by atoms with Gasteiger partial charge in [0.15, 0.2) is 11.5 Å². The van der Waals surface area contributed by atoms with E-state index in [0.29, 0.717) is 6.04 Å². The van der Waals surface area contributed by atoms with Crippen molar-refractivity contribution in [3.8, 4) is 11.5 Å². The summed E-state index contributed by atoms with van der Waals surface area (Å²) in [5.41, 5.74) is 4.86. The lowest BCUT2D eigenvalue weighted by molar-refractivity contribution is 0.132. The summed E-state index contributed by atoms with van der Waals surface area (Å²) >= 11 is 0. The summed E-state index contributed by atoms with van der Waals surface area (Å²) in [4.78, 5) is 0. The summed E-state index contributed by atoms with van der Waals surface area (Å²) in [5.74, 6) is 1.59. The quantitative estimate of drug-likeness (QED) is 0.867. The van der Waals surface area contributed by atoms with Crippen molar-refractivity contribution in [1.29, 1.82) is 0 Å². The van der Waals surface area contributed by atoms with Crippen LogP contribution in [-0.4, -0.2) is 38.4 Å². The highest BCUT2D eigenvalue weighted by atomic mass is 16.5. The third kappa shape index (κ3) is 4.12. The summed E-state index contributed by atoms with van der Waals surface area (Å²) in [6, 6.07) is 6.57. The Labute approximate surface area is 122 Å². The highest BCUT2D eigenvalue weighted by Gasteiger charge is 2.13. The van der Waals surface area contributed by atoms with Crippen molar-refractivity contribution < 1.29 is 9.47 Å². The van der Waals surface area contributed by atoms with E-state index in [4.69, 9.17) is 9.47 Å². The van der Waals surface area contributed by atoms with Crippen LogP contribution in [0, 0.1) is 0 Å². The molecule has 0 radical (unpaired) electrons. The molecule has 1 heterocycles. The molecule has 0 bridgehead atoms. The second-order valence-corrected chi connectivity index (χ2v) is 5.47. The molecule has 1 aliphatic heterocycles. The molecule has 1 unspecified atom stereocenters. The molecule has 1 N–H and O–H groups in total. The van der Waals surface area contributed by atoms with Crippen molar-refractivity contribution >= 4 is 0 Å². The number of nitrogens with zero attached hydrogens (tertiary/aromatic N) is 1. The van der Waals surface area contributed by atoms with Gasteiger partial charge in [-0.2, -0.15) is 0 Å². The first-order valence-electron chi connectivity index (χ1n) is 7.45. The Hall–Kier alpha value is -1.26. The minimum atomic E-state index is 0.422. The average Bonchev–Trinajstić information content (AvgIpc) is 2.48. The summed E-state index contributed by atoms with van der Waals surface area (Å²) < 4.78 is 10.6. The second kappa shape index (κ2) is 7.50. The standard InChI is InChI=1S/C16H26N2O2/c1-13(17-18-9-5-4-6-10-18)11-14-7-8-15(19-2)16(12-14)20-3/h7-8,12-13,17H,4-6,9-11H2,1-3H3. The van der Waals surface area contributed by atoms with Crippen LogP contribution >= 0.6 is 0 Å². The molecule has 0 saturated carbocycles. The van der Waals surface area contributed by atoms with Crippen molar-refractivity contribution in [2.45, 2.75) is 38.6 Å². The molecular formula is C16H26N2O2. The van der Waals surface area contributed by atoms with Crippen LogP contribution in [0.25, 0.3) is 0 Å². The first-order chi connectivity index (χ1) is 9.72. The summed E-state index contributed by atoms with van der Waals surface area (Å²) in [6.07, 6.45) is 4.95. The van der Waals surface area contributed by atoms with Crippen molar-refractivity contribution in [3.63, 3.8) is 0 Å². The molecule has 112 valence electrons. The maximum Gasteiger partial charge on any atom is 0.160 e. The first kappa shape index (κ1) is 15.1. The van der Waals surface area contributed by atoms with Crippen LogP contribution in [0.5, 0.6) is 11.5 Å². The van der Waals surface area contributed by atoms with E-state index in [2.05, 4.69) is 29.5 Å². The molecule has 1 saturated heterocycles.